The second-order valence-electron chi connectivity index (χ2n) is 8.42. The van der Waals surface area contributed by atoms with Crippen molar-refractivity contribution in [2.75, 3.05) is 18.1 Å². The van der Waals surface area contributed by atoms with E-state index < -0.39 is 47.5 Å². The van der Waals surface area contributed by atoms with Gasteiger partial charge >= 0.3 is 5.97 Å². The van der Waals surface area contributed by atoms with Gasteiger partial charge in [-0.05, 0) is 6.07 Å². The molecule has 2 amide bonds. The Labute approximate surface area is 242 Å². The first-order valence-corrected chi connectivity index (χ1v) is 13.9. The third-order valence-electron chi connectivity index (χ3n) is 5.89. The predicted octanol–water partition coefficient (Wildman–Crippen LogP) is -0.518. The number of aliphatic carboxylic acids is 2. The number of pyridine rings is 1. The summed E-state index contributed by atoms with van der Waals surface area (Å²) in [7, 11) is 0. The monoisotopic (exact) mass is 625 g/mol. The van der Waals surface area contributed by atoms with Gasteiger partial charge in [0.15, 0.2) is 10.8 Å². The van der Waals surface area contributed by atoms with Gasteiger partial charge < -0.3 is 30.9 Å². The van der Waals surface area contributed by atoms with E-state index in [1.165, 1.54) is 11.8 Å². The summed E-state index contributed by atoms with van der Waals surface area (Å²) in [6.07, 6.45) is 5.23. The lowest BCUT2D eigenvalue weighted by molar-refractivity contribution is -0.662. The number of carbonyl (C=O) groups excluding carboxylic acids is 3. The summed E-state index contributed by atoms with van der Waals surface area (Å²) in [5.41, 5.74) is 5.91. The molecule has 0 aliphatic carbocycles. The second-order valence-corrected chi connectivity index (χ2v) is 11.6. The molecule has 3 aromatic rings. The summed E-state index contributed by atoms with van der Waals surface area (Å²) in [5, 5.41) is 26.8. The molecule has 14 nitrogen and oxygen atoms in total. The molecule has 1 fully saturated rings. The van der Waals surface area contributed by atoms with Crippen LogP contribution in [0, 0.1) is 0 Å². The number of hydrogen-bond acceptors (Lipinski definition) is 11. The molecule has 2 aliphatic rings. The zero-order valence-corrected chi connectivity index (χ0v) is 23.1. The molecule has 18 heteroatoms. The SMILES string of the molecule is Nc1nc(/C(=N/OCC(=O)O)C(=O)N[C@@H]2C(=O)N3C(C(=O)[O-])=C(C[n+]4ccn5cc(Cl)ccc54)CS[C@H]23)c(Cl)s1. The molecule has 3 aromatic heterocycles. The number of anilines is 1. The number of rotatable bonds is 9. The van der Waals surface area contributed by atoms with E-state index in [0.29, 0.717) is 10.6 Å². The van der Waals surface area contributed by atoms with Gasteiger partial charge in [-0.3, -0.25) is 14.5 Å². The van der Waals surface area contributed by atoms with Crippen molar-refractivity contribution in [2.24, 2.45) is 5.16 Å². The molecule has 5 heterocycles. The number of nitrogens with two attached hydrogens (primary N) is 1. The van der Waals surface area contributed by atoms with Crippen LogP contribution in [0.3, 0.4) is 0 Å². The zero-order valence-electron chi connectivity index (χ0n) is 19.9. The molecule has 0 bridgehead atoms. The van der Waals surface area contributed by atoms with Gasteiger partial charge in [-0.25, -0.2) is 18.7 Å². The number of carbonyl (C=O) groups is 4. The first kappa shape index (κ1) is 27.7. The fourth-order valence-corrected chi connectivity index (χ4v) is 6.66. The lowest BCUT2D eigenvalue weighted by atomic mass is 10.0. The first-order chi connectivity index (χ1) is 19.0. The first-order valence-electron chi connectivity index (χ1n) is 11.2. The van der Waals surface area contributed by atoms with E-state index in [4.69, 9.17) is 38.9 Å². The number of hydrogen-bond donors (Lipinski definition) is 3. The molecule has 5 rings (SSSR count). The number of fused-ring (bicyclic) bond motifs is 2. The van der Waals surface area contributed by atoms with Gasteiger partial charge in [0.2, 0.25) is 6.61 Å². The van der Waals surface area contributed by atoms with Crippen molar-refractivity contribution < 1.29 is 38.8 Å². The Bertz CT molecular complexity index is 1640. The summed E-state index contributed by atoms with van der Waals surface area (Å²) in [6, 6.07) is 2.36. The van der Waals surface area contributed by atoms with E-state index in [2.05, 4.69) is 15.5 Å². The van der Waals surface area contributed by atoms with E-state index in [9.17, 15) is 24.3 Å². The Morgan fingerprint density at radius 3 is 2.80 bits per heavy atom. The van der Waals surface area contributed by atoms with Crippen molar-refractivity contribution in [1.29, 1.82) is 0 Å². The van der Waals surface area contributed by atoms with Crippen LogP contribution < -0.4 is 20.7 Å². The van der Waals surface area contributed by atoms with Gasteiger partial charge in [0.1, 0.15) is 46.6 Å². The molecule has 0 saturated carbocycles. The number of nitrogens with one attached hydrogen (secondary N) is 1. The fraction of sp³-hybridized carbons (Fsp3) is 0.227. The number of halogens is 2. The van der Waals surface area contributed by atoms with Crippen molar-refractivity contribution in [1.82, 2.24) is 19.6 Å². The highest BCUT2D eigenvalue weighted by atomic mass is 35.5. The minimum absolute atomic E-state index is 0.0105. The second kappa shape index (κ2) is 11.0. The largest absolute Gasteiger partial charge is 0.543 e. The predicted molar refractivity (Wildman–Crippen MR) is 141 cm³/mol. The van der Waals surface area contributed by atoms with E-state index in [1.54, 1.807) is 35.1 Å². The molecule has 0 unspecified atom stereocenters. The van der Waals surface area contributed by atoms with Crippen LogP contribution in [0.25, 0.3) is 5.65 Å². The number of nitrogens with zero attached hydrogens (tertiary/aromatic N) is 5. The molecule has 4 N–H and O–H groups in total. The highest BCUT2D eigenvalue weighted by Crippen LogP contribution is 2.40. The topological polar surface area (TPSA) is 196 Å². The van der Waals surface area contributed by atoms with Crippen LogP contribution in [0.15, 0.2) is 47.1 Å². The van der Waals surface area contributed by atoms with Gasteiger partial charge in [-0.15, -0.1) is 11.8 Å². The maximum absolute atomic E-state index is 13.1. The number of aromatic nitrogens is 3. The van der Waals surface area contributed by atoms with Crippen molar-refractivity contribution in [2.45, 2.75) is 18.0 Å². The molecule has 40 heavy (non-hydrogen) atoms. The highest BCUT2D eigenvalue weighted by molar-refractivity contribution is 8.00. The number of imidazole rings is 1. The van der Waals surface area contributed by atoms with Gasteiger partial charge in [-0.1, -0.05) is 39.7 Å². The van der Waals surface area contributed by atoms with Gasteiger partial charge in [0.05, 0.1) is 16.7 Å². The molecule has 2 atom stereocenters. The smallest absolute Gasteiger partial charge is 0.344 e. The van der Waals surface area contributed by atoms with Crippen LogP contribution in [0.1, 0.15) is 5.69 Å². The van der Waals surface area contributed by atoms with Crippen LogP contribution in [0.2, 0.25) is 9.36 Å². The Morgan fingerprint density at radius 1 is 1.35 bits per heavy atom. The fourth-order valence-electron chi connectivity index (χ4n) is 4.22. The number of carboxylic acid groups (broad SMARTS) is 2. The molecule has 2 aliphatic heterocycles. The average Bonchev–Trinajstić information content (AvgIpc) is 3.45. The van der Waals surface area contributed by atoms with Gasteiger partial charge in [0.25, 0.3) is 17.5 Å². The maximum atomic E-state index is 13.1. The van der Waals surface area contributed by atoms with Crippen LogP contribution in [-0.2, 0) is 30.6 Å². The Hall–Kier alpha value is -3.86. The summed E-state index contributed by atoms with van der Waals surface area (Å²) in [4.78, 5) is 58.9. The molecular weight excluding hydrogens is 609 g/mol. The molecule has 1 saturated heterocycles. The standard InChI is InChI=1S/C22H17Cl2N7O7S2/c23-10-1-2-11-29(3-4-30(11)6-10)5-9-8-39-20-15(19(35)31(20)16(9)21(36)37)26-18(34)14(28-38-7-12(32)33)13-17(24)40-22(25)27-13/h1-4,6,15,20H,5,7-8H2,(H4-,25,26,27,32,33,34,36,37)/b28-14-/t15-,20-/m1/s1. The number of oxime groups is 1. The van der Waals surface area contributed by atoms with E-state index in [0.717, 1.165) is 21.9 Å². The van der Waals surface area contributed by atoms with Gasteiger partial charge in [-0.2, -0.15) is 0 Å². The molecular formula is C22H17Cl2N7O7S2. The molecule has 0 spiro atoms. The van der Waals surface area contributed by atoms with Gasteiger partial charge in [0, 0.05) is 17.4 Å². The Morgan fingerprint density at radius 2 is 2.12 bits per heavy atom. The quantitative estimate of drug-likeness (QED) is 0.120. The minimum Gasteiger partial charge on any atom is -0.543 e. The molecule has 208 valence electrons. The molecule has 0 radical (unpaired) electrons. The summed E-state index contributed by atoms with van der Waals surface area (Å²) < 4.78 is 3.58. The Kier molecular flexibility index (Phi) is 7.59. The van der Waals surface area contributed by atoms with Crippen molar-refractivity contribution >= 4 is 86.5 Å². The number of β-lactam (4-membered cyclic amide) rings is 1. The zero-order chi connectivity index (χ0) is 28.7. The van der Waals surface area contributed by atoms with E-state index in [-0.39, 0.29) is 33.2 Å². The van der Waals surface area contributed by atoms with Crippen molar-refractivity contribution in [3.8, 4) is 0 Å². The number of nitrogen functional groups attached to an aromatic ring is 1. The van der Waals surface area contributed by atoms with E-state index >= 15 is 0 Å². The minimum atomic E-state index is -1.53. The van der Waals surface area contributed by atoms with Crippen LogP contribution in [-0.4, -0.2) is 72.6 Å². The lowest BCUT2D eigenvalue weighted by Crippen LogP contribution is -2.71. The average molecular weight is 626 g/mol. The van der Waals surface area contributed by atoms with Crippen molar-refractivity contribution in [3.05, 3.63) is 57.0 Å². The van der Waals surface area contributed by atoms with Crippen LogP contribution in [0.4, 0.5) is 5.13 Å². The molecule has 0 aromatic carbocycles. The van der Waals surface area contributed by atoms with Crippen LogP contribution in [0.5, 0.6) is 0 Å². The Balaban J connectivity index is 1.37. The summed E-state index contributed by atoms with van der Waals surface area (Å²) in [6.45, 7) is -0.684. The number of amides is 2. The normalized spacial score (nSPS) is 18.9. The van der Waals surface area contributed by atoms with E-state index in [1.807, 2.05) is 4.57 Å². The lowest BCUT2D eigenvalue weighted by Gasteiger charge is -2.50. The van der Waals surface area contributed by atoms with Crippen LogP contribution >= 0.6 is 46.3 Å². The summed E-state index contributed by atoms with van der Waals surface area (Å²) in [5.74, 6) is -4.27. The maximum Gasteiger partial charge on any atom is 0.344 e. The third-order valence-corrected chi connectivity index (χ3v) is 8.54. The van der Waals surface area contributed by atoms with Crippen molar-refractivity contribution in [3.63, 3.8) is 0 Å². The number of thiazole rings is 1. The number of carboxylic acids is 2. The highest BCUT2D eigenvalue weighted by Gasteiger charge is 2.53. The summed E-state index contributed by atoms with van der Waals surface area (Å²) >= 11 is 14.2. The third kappa shape index (κ3) is 5.17. The number of thioether (sulfide) groups is 1.